The molecule has 0 heterocycles. The Bertz CT molecular complexity index is 305. The highest BCUT2D eigenvalue weighted by Crippen LogP contribution is 2.60. The van der Waals surface area contributed by atoms with Gasteiger partial charge in [-0.2, -0.15) is 0 Å². The number of rotatable bonds is 2. The van der Waals surface area contributed by atoms with E-state index in [2.05, 4.69) is 27.4 Å². The maximum atomic E-state index is 9.42. The summed E-state index contributed by atoms with van der Waals surface area (Å²) in [4.78, 5) is 0. The van der Waals surface area contributed by atoms with Gasteiger partial charge < -0.3 is 5.11 Å². The molecule has 0 amide bonds. The minimum absolute atomic E-state index is 0.168. The maximum Gasteiger partial charge on any atom is 0.0439 e. The first kappa shape index (κ1) is 13.1. The lowest BCUT2D eigenvalue weighted by atomic mass is 9.49. The van der Waals surface area contributed by atoms with Crippen molar-refractivity contribution >= 4 is 0 Å². The van der Waals surface area contributed by atoms with Crippen LogP contribution in [0.5, 0.6) is 0 Å². The molecule has 0 saturated heterocycles. The number of fused-ring (bicyclic) bond motifs is 1. The summed E-state index contributed by atoms with van der Waals surface area (Å²) >= 11 is 0. The predicted molar refractivity (Wildman–Crippen MR) is 72.8 cm³/mol. The minimum atomic E-state index is 0.168. The lowest BCUT2D eigenvalue weighted by molar-refractivity contribution is 0.00724. The van der Waals surface area contributed by atoms with Crippen molar-refractivity contribution in [2.75, 3.05) is 6.61 Å². The molecule has 0 bridgehead atoms. The van der Waals surface area contributed by atoms with Gasteiger partial charge in [-0.1, -0.05) is 52.2 Å². The van der Waals surface area contributed by atoms with Crippen LogP contribution >= 0.6 is 0 Å². The summed E-state index contributed by atoms with van der Waals surface area (Å²) in [5.41, 5.74) is 1.81. The molecule has 17 heavy (non-hydrogen) atoms. The summed E-state index contributed by atoms with van der Waals surface area (Å²) in [6.07, 6.45) is 7.71. The zero-order chi connectivity index (χ0) is 12.7. The Kier molecular flexibility index (Phi) is 3.42. The van der Waals surface area contributed by atoms with Crippen LogP contribution in [0.3, 0.4) is 0 Å². The van der Waals surface area contributed by atoms with Crippen molar-refractivity contribution in [3.63, 3.8) is 0 Å². The summed E-state index contributed by atoms with van der Waals surface area (Å²) in [7, 11) is 0. The Labute approximate surface area is 106 Å². The Hall–Kier alpha value is -0.300. The fraction of sp³-hybridized carbons (Fsp3) is 0.875. The SMILES string of the molecule is C=C1C(C)(C)CC2CCCCC2C1(C)CCO. The molecule has 0 spiro atoms. The van der Waals surface area contributed by atoms with Gasteiger partial charge in [0, 0.05) is 6.61 Å². The van der Waals surface area contributed by atoms with Crippen LogP contribution in [0.4, 0.5) is 0 Å². The maximum absolute atomic E-state index is 9.42. The highest BCUT2D eigenvalue weighted by Gasteiger charge is 2.50. The first-order valence-corrected chi connectivity index (χ1v) is 7.22. The Morgan fingerprint density at radius 3 is 2.53 bits per heavy atom. The van der Waals surface area contributed by atoms with Crippen molar-refractivity contribution in [2.24, 2.45) is 22.7 Å². The summed E-state index contributed by atoms with van der Waals surface area (Å²) in [5, 5.41) is 9.42. The van der Waals surface area contributed by atoms with Crippen LogP contribution in [0.25, 0.3) is 0 Å². The lowest BCUT2D eigenvalue weighted by Gasteiger charge is -2.56. The standard InChI is InChI=1S/C16H28O/c1-12-15(2,3)11-13-7-5-6-8-14(13)16(12,4)9-10-17/h13-14,17H,1,5-11H2,2-4H3. The number of hydrogen-bond acceptors (Lipinski definition) is 1. The number of aliphatic hydroxyl groups is 1. The van der Waals surface area contributed by atoms with Crippen LogP contribution in [-0.4, -0.2) is 11.7 Å². The van der Waals surface area contributed by atoms with Gasteiger partial charge in [-0.15, -0.1) is 0 Å². The van der Waals surface area contributed by atoms with Gasteiger partial charge in [0.25, 0.3) is 0 Å². The molecule has 1 N–H and O–H groups in total. The quantitative estimate of drug-likeness (QED) is 0.714. The van der Waals surface area contributed by atoms with E-state index in [9.17, 15) is 5.11 Å². The van der Waals surface area contributed by atoms with Gasteiger partial charge in [-0.25, -0.2) is 0 Å². The third kappa shape index (κ3) is 2.07. The zero-order valence-corrected chi connectivity index (χ0v) is 11.8. The molecule has 0 aromatic heterocycles. The van der Waals surface area contributed by atoms with Crippen LogP contribution in [-0.2, 0) is 0 Å². The molecule has 1 nitrogen and oxygen atoms in total. The van der Waals surface area contributed by atoms with E-state index in [0.29, 0.717) is 6.61 Å². The third-order valence-electron chi connectivity index (χ3n) is 5.64. The fourth-order valence-corrected chi connectivity index (χ4v) is 4.63. The molecule has 98 valence electrons. The molecule has 0 aromatic carbocycles. The molecule has 1 heteroatoms. The van der Waals surface area contributed by atoms with Crippen molar-refractivity contribution in [2.45, 2.75) is 59.3 Å². The van der Waals surface area contributed by atoms with E-state index in [4.69, 9.17) is 0 Å². The summed E-state index contributed by atoms with van der Waals surface area (Å²) in [5.74, 6) is 1.63. The lowest BCUT2D eigenvalue weighted by Crippen LogP contribution is -2.47. The Morgan fingerprint density at radius 1 is 1.24 bits per heavy atom. The largest absolute Gasteiger partial charge is 0.396 e. The van der Waals surface area contributed by atoms with E-state index in [-0.39, 0.29) is 10.8 Å². The molecule has 0 aromatic rings. The third-order valence-corrected chi connectivity index (χ3v) is 5.64. The van der Waals surface area contributed by atoms with Gasteiger partial charge in [0.15, 0.2) is 0 Å². The molecule has 2 aliphatic carbocycles. The van der Waals surface area contributed by atoms with Gasteiger partial charge in [-0.05, 0) is 41.9 Å². The predicted octanol–water partition coefficient (Wildman–Crippen LogP) is 4.17. The smallest absolute Gasteiger partial charge is 0.0439 e. The van der Waals surface area contributed by atoms with Gasteiger partial charge in [0.2, 0.25) is 0 Å². The number of allylic oxidation sites excluding steroid dienone is 1. The number of hydrogen-bond donors (Lipinski definition) is 1. The molecule has 2 saturated carbocycles. The fourth-order valence-electron chi connectivity index (χ4n) is 4.63. The molecule has 0 radical (unpaired) electrons. The number of aliphatic hydroxyl groups excluding tert-OH is 1. The molecule has 3 unspecified atom stereocenters. The topological polar surface area (TPSA) is 20.2 Å². The van der Waals surface area contributed by atoms with Crippen LogP contribution < -0.4 is 0 Å². The Balaban J connectivity index is 2.33. The van der Waals surface area contributed by atoms with Crippen LogP contribution in [0.1, 0.15) is 59.3 Å². The minimum Gasteiger partial charge on any atom is -0.396 e. The average molecular weight is 236 g/mol. The van der Waals surface area contributed by atoms with Gasteiger partial charge >= 0.3 is 0 Å². The molecule has 3 atom stereocenters. The highest BCUT2D eigenvalue weighted by atomic mass is 16.3. The first-order valence-electron chi connectivity index (χ1n) is 7.22. The molecule has 2 aliphatic rings. The molecular weight excluding hydrogens is 208 g/mol. The van der Waals surface area contributed by atoms with Crippen molar-refractivity contribution in [1.82, 2.24) is 0 Å². The van der Waals surface area contributed by atoms with E-state index in [0.717, 1.165) is 18.3 Å². The second-order valence-electron chi connectivity index (χ2n) is 7.11. The van der Waals surface area contributed by atoms with Crippen molar-refractivity contribution in [3.8, 4) is 0 Å². The van der Waals surface area contributed by atoms with Gasteiger partial charge in [0.05, 0.1) is 0 Å². The summed E-state index contributed by atoms with van der Waals surface area (Å²) in [6.45, 7) is 11.8. The molecule has 2 rings (SSSR count). The Morgan fingerprint density at radius 2 is 1.88 bits per heavy atom. The summed E-state index contributed by atoms with van der Waals surface area (Å²) < 4.78 is 0. The average Bonchev–Trinajstić information content (AvgIpc) is 2.27. The zero-order valence-electron chi connectivity index (χ0n) is 11.8. The van der Waals surface area contributed by atoms with Crippen molar-refractivity contribution < 1.29 is 5.11 Å². The van der Waals surface area contributed by atoms with Gasteiger partial charge in [-0.3, -0.25) is 0 Å². The highest BCUT2D eigenvalue weighted by molar-refractivity contribution is 5.23. The first-order chi connectivity index (χ1) is 7.92. The van der Waals surface area contributed by atoms with E-state index in [1.807, 2.05) is 0 Å². The molecule has 0 aliphatic heterocycles. The van der Waals surface area contributed by atoms with E-state index in [1.54, 1.807) is 0 Å². The van der Waals surface area contributed by atoms with Crippen molar-refractivity contribution in [1.29, 1.82) is 0 Å². The van der Waals surface area contributed by atoms with Gasteiger partial charge in [0.1, 0.15) is 0 Å². The van der Waals surface area contributed by atoms with Crippen LogP contribution in [0.15, 0.2) is 12.2 Å². The van der Waals surface area contributed by atoms with E-state index >= 15 is 0 Å². The van der Waals surface area contributed by atoms with E-state index in [1.165, 1.54) is 37.7 Å². The summed E-state index contributed by atoms with van der Waals surface area (Å²) in [6, 6.07) is 0. The van der Waals surface area contributed by atoms with Crippen LogP contribution in [0, 0.1) is 22.7 Å². The molecular formula is C16H28O. The second-order valence-corrected chi connectivity index (χ2v) is 7.11. The van der Waals surface area contributed by atoms with E-state index < -0.39 is 0 Å². The molecule has 2 fully saturated rings. The monoisotopic (exact) mass is 236 g/mol. The second kappa shape index (κ2) is 4.42. The van der Waals surface area contributed by atoms with Crippen molar-refractivity contribution in [3.05, 3.63) is 12.2 Å². The van der Waals surface area contributed by atoms with Crippen LogP contribution in [0.2, 0.25) is 0 Å². The normalized spacial score (nSPS) is 41.1.